The lowest BCUT2D eigenvalue weighted by atomic mass is 10.1. The molecule has 166 valence electrons. The first-order valence-corrected chi connectivity index (χ1v) is 11.5. The van der Waals surface area contributed by atoms with E-state index in [2.05, 4.69) is 33.6 Å². The van der Waals surface area contributed by atoms with Gasteiger partial charge >= 0.3 is 0 Å². The second-order valence-corrected chi connectivity index (χ2v) is 8.25. The smallest absolute Gasteiger partial charge is 0.143 e. The standard InChI is InChI=1S/C25H26Cl2N4O/c1-3-17-12-18(9-11-28-17)31-19-13-21(26)25(22(27)14-19)29-10-8-16-15-30-24-20(16)6-5-7-23(24)32-4-2/h5-7,9,11-15,29-30H,3-4,8,10H2,1-2H3,(H,28,31). The average Bonchev–Trinajstić information content (AvgIpc) is 3.20. The van der Waals surface area contributed by atoms with Gasteiger partial charge in [-0.15, -0.1) is 0 Å². The fourth-order valence-electron chi connectivity index (χ4n) is 3.72. The van der Waals surface area contributed by atoms with Crippen molar-refractivity contribution < 1.29 is 4.74 Å². The number of hydrogen-bond donors (Lipinski definition) is 3. The summed E-state index contributed by atoms with van der Waals surface area (Å²) in [6.07, 6.45) is 5.52. The van der Waals surface area contributed by atoms with Gasteiger partial charge in [0.2, 0.25) is 0 Å². The molecule has 3 N–H and O–H groups in total. The zero-order valence-corrected chi connectivity index (χ0v) is 19.6. The van der Waals surface area contributed by atoms with Crippen molar-refractivity contribution in [1.82, 2.24) is 9.97 Å². The molecule has 0 spiro atoms. The minimum Gasteiger partial charge on any atom is -0.492 e. The van der Waals surface area contributed by atoms with Crippen molar-refractivity contribution in [2.75, 3.05) is 23.8 Å². The number of nitrogens with zero attached hydrogens (tertiary/aromatic N) is 1. The number of rotatable bonds is 9. The highest BCUT2D eigenvalue weighted by atomic mass is 35.5. The fourth-order valence-corrected chi connectivity index (χ4v) is 4.34. The van der Waals surface area contributed by atoms with Crippen LogP contribution in [0.15, 0.2) is 54.9 Å². The molecular formula is C25H26Cl2N4O. The van der Waals surface area contributed by atoms with Gasteiger partial charge in [-0.25, -0.2) is 0 Å². The van der Waals surface area contributed by atoms with E-state index in [1.165, 1.54) is 10.9 Å². The van der Waals surface area contributed by atoms with E-state index in [4.69, 9.17) is 27.9 Å². The number of anilines is 3. The molecule has 0 amide bonds. The van der Waals surface area contributed by atoms with E-state index < -0.39 is 0 Å². The van der Waals surface area contributed by atoms with Crippen molar-refractivity contribution in [2.24, 2.45) is 0 Å². The molecule has 0 aliphatic heterocycles. The predicted molar refractivity (Wildman–Crippen MR) is 135 cm³/mol. The molecule has 5 nitrogen and oxygen atoms in total. The van der Waals surface area contributed by atoms with Crippen molar-refractivity contribution in [2.45, 2.75) is 26.7 Å². The van der Waals surface area contributed by atoms with Gasteiger partial charge in [-0.1, -0.05) is 42.3 Å². The Morgan fingerprint density at radius 2 is 1.84 bits per heavy atom. The maximum Gasteiger partial charge on any atom is 0.143 e. The van der Waals surface area contributed by atoms with Crippen LogP contribution in [0.4, 0.5) is 17.1 Å². The first-order chi connectivity index (χ1) is 15.6. The molecule has 0 radical (unpaired) electrons. The molecule has 0 fully saturated rings. The molecule has 0 bridgehead atoms. The maximum atomic E-state index is 6.55. The van der Waals surface area contributed by atoms with Gasteiger partial charge in [0, 0.05) is 41.4 Å². The van der Waals surface area contributed by atoms with Gasteiger partial charge in [0.15, 0.2) is 0 Å². The van der Waals surface area contributed by atoms with Crippen LogP contribution < -0.4 is 15.4 Å². The van der Waals surface area contributed by atoms with E-state index in [9.17, 15) is 0 Å². The summed E-state index contributed by atoms with van der Waals surface area (Å²) in [6, 6.07) is 13.8. The Morgan fingerprint density at radius 3 is 2.59 bits per heavy atom. The number of hydrogen-bond acceptors (Lipinski definition) is 4. The first-order valence-electron chi connectivity index (χ1n) is 10.8. The summed E-state index contributed by atoms with van der Waals surface area (Å²) < 4.78 is 5.71. The third-order valence-corrected chi connectivity index (χ3v) is 5.86. The van der Waals surface area contributed by atoms with E-state index in [-0.39, 0.29) is 0 Å². The third kappa shape index (κ3) is 4.95. The lowest BCUT2D eigenvalue weighted by molar-refractivity contribution is 0.344. The molecule has 4 aromatic rings. The molecule has 2 heterocycles. The van der Waals surface area contributed by atoms with Crippen LogP contribution >= 0.6 is 23.2 Å². The van der Waals surface area contributed by atoms with Crippen molar-refractivity contribution in [3.63, 3.8) is 0 Å². The Morgan fingerprint density at radius 1 is 1.03 bits per heavy atom. The summed E-state index contributed by atoms with van der Waals surface area (Å²) >= 11 is 13.1. The predicted octanol–water partition coefficient (Wildman–Crippen LogP) is 7.23. The number of aromatic amines is 1. The summed E-state index contributed by atoms with van der Waals surface area (Å²) in [5, 5.41) is 9.04. The Kier molecular flexibility index (Phi) is 7.08. The summed E-state index contributed by atoms with van der Waals surface area (Å²) in [4.78, 5) is 7.66. The number of fused-ring (bicyclic) bond motifs is 1. The van der Waals surface area contributed by atoms with Gasteiger partial charge in [-0.2, -0.15) is 0 Å². The Balaban J connectivity index is 1.44. The normalized spacial score (nSPS) is 11.0. The topological polar surface area (TPSA) is 62.0 Å². The highest BCUT2D eigenvalue weighted by molar-refractivity contribution is 6.39. The molecule has 0 saturated heterocycles. The van der Waals surface area contributed by atoms with Gasteiger partial charge in [0.05, 0.1) is 27.9 Å². The van der Waals surface area contributed by atoms with Crippen LogP contribution in [0, 0.1) is 0 Å². The minimum absolute atomic E-state index is 0.572. The van der Waals surface area contributed by atoms with E-state index in [1.807, 2.05) is 49.5 Å². The van der Waals surface area contributed by atoms with Gasteiger partial charge in [0.25, 0.3) is 0 Å². The zero-order chi connectivity index (χ0) is 22.5. The third-order valence-electron chi connectivity index (χ3n) is 5.27. The van der Waals surface area contributed by atoms with E-state index in [1.54, 1.807) is 6.20 Å². The molecule has 0 saturated carbocycles. The number of ether oxygens (including phenoxy) is 1. The van der Waals surface area contributed by atoms with Gasteiger partial charge in [0.1, 0.15) is 5.75 Å². The van der Waals surface area contributed by atoms with Gasteiger partial charge in [-0.3, -0.25) is 4.98 Å². The molecule has 0 atom stereocenters. The van der Waals surface area contributed by atoms with Gasteiger partial charge in [-0.05, 0) is 55.7 Å². The largest absolute Gasteiger partial charge is 0.492 e. The number of H-pyrrole nitrogens is 1. The zero-order valence-electron chi connectivity index (χ0n) is 18.1. The lowest BCUT2D eigenvalue weighted by Crippen LogP contribution is -2.06. The number of halogens is 2. The Labute approximate surface area is 198 Å². The molecule has 32 heavy (non-hydrogen) atoms. The monoisotopic (exact) mass is 468 g/mol. The number of aryl methyl sites for hydroxylation is 1. The molecule has 7 heteroatoms. The van der Waals surface area contributed by atoms with Crippen LogP contribution in [0.3, 0.4) is 0 Å². The number of pyridine rings is 1. The maximum absolute atomic E-state index is 6.55. The first kappa shape index (κ1) is 22.3. The fraction of sp³-hybridized carbons (Fsp3) is 0.240. The van der Waals surface area contributed by atoms with Crippen molar-refractivity contribution >= 4 is 51.2 Å². The second kappa shape index (κ2) is 10.2. The van der Waals surface area contributed by atoms with Crippen LogP contribution in [0.2, 0.25) is 10.0 Å². The Hall–Kier alpha value is -2.89. The molecular weight excluding hydrogens is 443 g/mol. The number of nitrogens with one attached hydrogen (secondary N) is 3. The second-order valence-electron chi connectivity index (χ2n) is 7.43. The molecule has 0 aliphatic rings. The van der Waals surface area contributed by atoms with Crippen LogP contribution in [-0.2, 0) is 12.8 Å². The highest BCUT2D eigenvalue weighted by Crippen LogP contribution is 2.35. The van der Waals surface area contributed by atoms with E-state index in [0.717, 1.165) is 46.9 Å². The number of benzene rings is 2. The van der Waals surface area contributed by atoms with Crippen LogP contribution in [0.25, 0.3) is 10.9 Å². The summed E-state index contributed by atoms with van der Waals surface area (Å²) in [5.74, 6) is 0.874. The quantitative estimate of drug-likeness (QED) is 0.242. The van der Waals surface area contributed by atoms with E-state index >= 15 is 0 Å². The molecule has 4 rings (SSSR count). The average molecular weight is 469 g/mol. The van der Waals surface area contributed by atoms with Crippen LogP contribution in [-0.4, -0.2) is 23.1 Å². The molecule has 2 aromatic heterocycles. The Bertz CT molecular complexity index is 1200. The van der Waals surface area contributed by atoms with Crippen LogP contribution in [0.1, 0.15) is 25.1 Å². The minimum atomic E-state index is 0.572. The number of aromatic nitrogens is 2. The van der Waals surface area contributed by atoms with E-state index in [0.29, 0.717) is 23.2 Å². The highest BCUT2D eigenvalue weighted by Gasteiger charge is 2.11. The van der Waals surface area contributed by atoms with Crippen molar-refractivity contribution in [3.8, 4) is 5.75 Å². The lowest BCUT2D eigenvalue weighted by Gasteiger charge is -2.14. The summed E-state index contributed by atoms with van der Waals surface area (Å²) in [7, 11) is 0. The summed E-state index contributed by atoms with van der Waals surface area (Å²) in [5.41, 5.74) is 5.78. The number of para-hydroxylation sites is 1. The molecule has 0 aliphatic carbocycles. The van der Waals surface area contributed by atoms with Crippen molar-refractivity contribution in [1.29, 1.82) is 0 Å². The molecule has 2 aromatic carbocycles. The van der Waals surface area contributed by atoms with Gasteiger partial charge < -0.3 is 20.4 Å². The van der Waals surface area contributed by atoms with Crippen LogP contribution in [0.5, 0.6) is 5.75 Å². The SMILES string of the molecule is CCOc1cccc2c(CCNc3c(Cl)cc(Nc4ccnc(CC)c4)cc3Cl)c[nH]c12. The van der Waals surface area contributed by atoms with Crippen molar-refractivity contribution in [3.05, 3.63) is 76.2 Å². The molecule has 0 unspecified atom stereocenters. The summed E-state index contributed by atoms with van der Waals surface area (Å²) in [6.45, 7) is 5.40.